The van der Waals surface area contributed by atoms with Gasteiger partial charge in [-0.15, -0.1) is 0 Å². The molecule has 2 N–H and O–H groups in total. The summed E-state index contributed by atoms with van der Waals surface area (Å²) in [6, 6.07) is 0. The van der Waals surface area contributed by atoms with E-state index in [1.54, 1.807) is 0 Å². The number of likely N-dealkylation sites (N-methyl/N-ethyl adjacent to an activating group) is 1. The van der Waals surface area contributed by atoms with Gasteiger partial charge in [-0.2, -0.15) is 0 Å². The number of nitrogens with one attached hydrogen (secondary N) is 1. The van der Waals surface area contributed by atoms with Crippen molar-refractivity contribution >= 4 is 5.91 Å². The fourth-order valence-electron chi connectivity index (χ4n) is 2.64. The van der Waals surface area contributed by atoms with Gasteiger partial charge in [-0.05, 0) is 60.5 Å². The summed E-state index contributed by atoms with van der Waals surface area (Å²) in [5.41, 5.74) is -0.289. The number of aliphatic hydroxyl groups excluding tert-OH is 1. The van der Waals surface area contributed by atoms with Gasteiger partial charge in [0, 0.05) is 17.0 Å². The van der Waals surface area contributed by atoms with Crippen LogP contribution in [0.2, 0.25) is 0 Å². The molecule has 1 aliphatic carbocycles. The van der Waals surface area contributed by atoms with E-state index in [4.69, 9.17) is 0 Å². The minimum atomic E-state index is -0.163. The van der Waals surface area contributed by atoms with E-state index in [1.165, 1.54) is 0 Å². The highest BCUT2D eigenvalue weighted by Crippen LogP contribution is 2.35. The van der Waals surface area contributed by atoms with Gasteiger partial charge < -0.3 is 15.3 Å². The Bertz CT molecular complexity index is 287. The van der Waals surface area contributed by atoms with Crippen LogP contribution >= 0.6 is 0 Å². The first kappa shape index (κ1) is 15.4. The maximum atomic E-state index is 12.1. The molecule has 0 aromatic carbocycles. The number of rotatable bonds is 3. The van der Waals surface area contributed by atoms with Crippen LogP contribution in [0.25, 0.3) is 0 Å². The van der Waals surface area contributed by atoms with Gasteiger partial charge in [-0.3, -0.25) is 4.79 Å². The summed E-state index contributed by atoms with van der Waals surface area (Å²) in [6.45, 7) is 6.19. The summed E-state index contributed by atoms with van der Waals surface area (Å²) in [7, 11) is 4.01. The van der Waals surface area contributed by atoms with Gasteiger partial charge >= 0.3 is 0 Å². The first-order valence-corrected chi connectivity index (χ1v) is 6.80. The van der Waals surface area contributed by atoms with E-state index >= 15 is 0 Å². The Labute approximate surface area is 111 Å². The zero-order chi connectivity index (χ0) is 14.0. The Hall–Kier alpha value is -0.610. The first-order chi connectivity index (χ1) is 8.20. The number of aliphatic hydroxyl groups is 1. The molecule has 18 heavy (non-hydrogen) atoms. The van der Waals surface area contributed by atoms with Gasteiger partial charge in [0.15, 0.2) is 0 Å². The standard InChI is InChI=1S/C14H28N2O2/c1-13(2,3)15-12(18)11-6-8-14(10-17,9-7-11)16(4)5/h11,17H,6-10H2,1-5H3,(H,15,18). The monoisotopic (exact) mass is 256 g/mol. The van der Waals surface area contributed by atoms with Crippen LogP contribution in [0.15, 0.2) is 0 Å². The smallest absolute Gasteiger partial charge is 0.223 e. The third-order valence-electron chi connectivity index (χ3n) is 4.03. The molecule has 0 atom stereocenters. The largest absolute Gasteiger partial charge is 0.394 e. The van der Waals surface area contributed by atoms with Gasteiger partial charge in [-0.25, -0.2) is 0 Å². The van der Waals surface area contributed by atoms with Crippen LogP contribution in [0.4, 0.5) is 0 Å². The highest BCUT2D eigenvalue weighted by molar-refractivity contribution is 5.79. The van der Waals surface area contributed by atoms with Crippen molar-refractivity contribution in [2.24, 2.45) is 5.92 Å². The third-order valence-corrected chi connectivity index (χ3v) is 4.03. The van der Waals surface area contributed by atoms with Gasteiger partial charge in [0.1, 0.15) is 0 Å². The molecule has 0 unspecified atom stereocenters. The summed E-state index contributed by atoms with van der Waals surface area (Å²) in [6.07, 6.45) is 3.50. The zero-order valence-corrected chi connectivity index (χ0v) is 12.4. The van der Waals surface area contributed by atoms with Crippen molar-refractivity contribution in [3.8, 4) is 0 Å². The second-order valence-electron chi connectivity index (χ2n) is 6.79. The highest BCUT2D eigenvalue weighted by atomic mass is 16.3. The lowest BCUT2D eigenvalue weighted by molar-refractivity contribution is -0.128. The van der Waals surface area contributed by atoms with Crippen molar-refractivity contribution in [2.75, 3.05) is 20.7 Å². The quantitative estimate of drug-likeness (QED) is 0.802. The van der Waals surface area contributed by atoms with Crippen molar-refractivity contribution in [3.63, 3.8) is 0 Å². The van der Waals surface area contributed by atoms with Crippen LogP contribution in [-0.2, 0) is 4.79 Å². The Morgan fingerprint density at radius 2 is 1.83 bits per heavy atom. The van der Waals surface area contributed by atoms with E-state index in [9.17, 15) is 9.90 Å². The fraction of sp³-hybridized carbons (Fsp3) is 0.929. The molecule has 0 aliphatic heterocycles. The highest BCUT2D eigenvalue weighted by Gasteiger charge is 2.39. The van der Waals surface area contributed by atoms with Crippen molar-refractivity contribution in [3.05, 3.63) is 0 Å². The van der Waals surface area contributed by atoms with Crippen LogP contribution in [-0.4, -0.2) is 47.7 Å². The predicted molar refractivity (Wildman–Crippen MR) is 73.4 cm³/mol. The normalized spacial score (nSPS) is 29.4. The van der Waals surface area contributed by atoms with Crippen LogP contribution in [0, 0.1) is 5.92 Å². The van der Waals surface area contributed by atoms with E-state index in [0.29, 0.717) is 0 Å². The molecule has 0 spiro atoms. The molecule has 4 nitrogen and oxygen atoms in total. The number of carbonyl (C=O) groups is 1. The van der Waals surface area contributed by atoms with Crippen LogP contribution in [0.5, 0.6) is 0 Å². The van der Waals surface area contributed by atoms with Crippen molar-refractivity contribution in [1.82, 2.24) is 10.2 Å². The van der Waals surface area contributed by atoms with Gasteiger partial charge in [-0.1, -0.05) is 0 Å². The Morgan fingerprint density at radius 3 is 2.17 bits per heavy atom. The minimum absolute atomic E-state index is 0.101. The van der Waals surface area contributed by atoms with Gasteiger partial charge in [0.2, 0.25) is 5.91 Å². The fourth-order valence-corrected chi connectivity index (χ4v) is 2.64. The van der Waals surface area contributed by atoms with E-state index < -0.39 is 0 Å². The second-order valence-corrected chi connectivity index (χ2v) is 6.79. The lowest BCUT2D eigenvalue weighted by Gasteiger charge is -2.43. The molecule has 0 heterocycles. The number of hydrogen-bond acceptors (Lipinski definition) is 3. The minimum Gasteiger partial charge on any atom is -0.394 e. The summed E-state index contributed by atoms with van der Waals surface area (Å²) in [5.74, 6) is 0.261. The summed E-state index contributed by atoms with van der Waals surface area (Å²) < 4.78 is 0. The maximum absolute atomic E-state index is 12.1. The topological polar surface area (TPSA) is 52.6 Å². The second kappa shape index (κ2) is 5.57. The molecule has 0 bridgehead atoms. The number of carbonyl (C=O) groups excluding carboxylic acids is 1. The molecule has 1 saturated carbocycles. The predicted octanol–water partition coefficient (Wildman–Crippen LogP) is 1.38. The van der Waals surface area contributed by atoms with Crippen LogP contribution in [0.1, 0.15) is 46.5 Å². The molecule has 106 valence electrons. The lowest BCUT2D eigenvalue weighted by Crippen LogP contribution is -2.52. The van der Waals surface area contributed by atoms with Gasteiger partial charge in [0.25, 0.3) is 0 Å². The number of nitrogens with zero attached hydrogens (tertiary/aromatic N) is 1. The summed E-state index contributed by atoms with van der Waals surface area (Å²) in [4.78, 5) is 14.2. The molecule has 1 amide bonds. The number of amides is 1. The molecule has 1 rings (SSSR count). The van der Waals surface area contributed by atoms with E-state index in [1.807, 2.05) is 34.9 Å². The molecule has 0 aromatic rings. The van der Waals surface area contributed by atoms with Gasteiger partial charge in [0.05, 0.1) is 6.61 Å². The Morgan fingerprint density at radius 1 is 1.33 bits per heavy atom. The maximum Gasteiger partial charge on any atom is 0.223 e. The average molecular weight is 256 g/mol. The first-order valence-electron chi connectivity index (χ1n) is 6.80. The van der Waals surface area contributed by atoms with Crippen molar-refractivity contribution < 1.29 is 9.90 Å². The summed E-state index contributed by atoms with van der Waals surface area (Å²) in [5, 5.41) is 12.6. The average Bonchev–Trinajstić information content (AvgIpc) is 2.26. The molecule has 4 heteroatoms. The lowest BCUT2D eigenvalue weighted by atomic mass is 9.75. The molecule has 1 fully saturated rings. The summed E-state index contributed by atoms with van der Waals surface area (Å²) >= 11 is 0. The van der Waals surface area contributed by atoms with E-state index in [-0.39, 0.29) is 29.5 Å². The van der Waals surface area contributed by atoms with Crippen molar-refractivity contribution in [2.45, 2.75) is 57.5 Å². The van der Waals surface area contributed by atoms with E-state index in [0.717, 1.165) is 25.7 Å². The molecule has 0 aromatic heterocycles. The molecule has 0 saturated heterocycles. The SMILES string of the molecule is CN(C)C1(CO)CCC(C(=O)NC(C)(C)C)CC1. The Balaban J connectivity index is 2.56. The van der Waals surface area contributed by atoms with Crippen molar-refractivity contribution in [1.29, 1.82) is 0 Å². The third kappa shape index (κ3) is 3.69. The van der Waals surface area contributed by atoms with Crippen LogP contribution < -0.4 is 5.32 Å². The zero-order valence-electron chi connectivity index (χ0n) is 12.4. The Kier molecular flexibility index (Phi) is 4.78. The molecule has 1 aliphatic rings. The molecular formula is C14H28N2O2. The number of hydrogen-bond donors (Lipinski definition) is 2. The molecule has 0 radical (unpaired) electrons. The van der Waals surface area contributed by atoms with Crippen LogP contribution in [0.3, 0.4) is 0 Å². The van der Waals surface area contributed by atoms with E-state index in [2.05, 4.69) is 10.2 Å². The molecular weight excluding hydrogens is 228 g/mol.